The van der Waals surface area contributed by atoms with Crippen LogP contribution in [-0.2, 0) is 16.9 Å². The Bertz CT molecular complexity index is 723. The van der Waals surface area contributed by atoms with Gasteiger partial charge >= 0.3 is 0 Å². The van der Waals surface area contributed by atoms with Gasteiger partial charge in [0.05, 0.1) is 0 Å². The number of aromatic nitrogens is 2. The average molecular weight is 328 g/mol. The monoisotopic (exact) mass is 328 g/mol. The number of amides is 1. The van der Waals surface area contributed by atoms with Crippen molar-refractivity contribution in [2.75, 3.05) is 19.9 Å². The lowest BCUT2D eigenvalue weighted by atomic mass is 9.87. The van der Waals surface area contributed by atoms with E-state index < -0.39 is 5.54 Å². The Morgan fingerprint density at radius 1 is 1.29 bits per heavy atom. The summed E-state index contributed by atoms with van der Waals surface area (Å²) in [6, 6.07) is 7.57. The minimum Gasteiger partial charge on any atom is -0.454 e. The molecule has 2 N–H and O–H groups in total. The number of rotatable bonds is 4. The number of fused-ring (bicyclic) bond motifs is 1. The van der Waals surface area contributed by atoms with E-state index in [1.54, 1.807) is 10.9 Å². The molecule has 1 fully saturated rings. The number of carbonyl (C=O) groups excluding carboxylic acids is 1. The highest BCUT2D eigenvalue weighted by molar-refractivity contribution is 5.84. The van der Waals surface area contributed by atoms with Crippen molar-refractivity contribution in [3.63, 3.8) is 0 Å². The van der Waals surface area contributed by atoms with Gasteiger partial charge < -0.3 is 20.1 Å². The molecular formula is C17H20N4O3. The molecule has 4 rings (SSSR count). The van der Waals surface area contributed by atoms with Gasteiger partial charge in [0, 0.05) is 24.5 Å². The zero-order valence-electron chi connectivity index (χ0n) is 13.3. The van der Waals surface area contributed by atoms with Crippen LogP contribution in [0, 0.1) is 0 Å². The Hall–Kier alpha value is -2.54. The summed E-state index contributed by atoms with van der Waals surface area (Å²) < 4.78 is 12.7. The maximum absolute atomic E-state index is 13.0. The van der Waals surface area contributed by atoms with Crippen molar-refractivity contribution < 1.29 is 14.3 Å². The van der Waals surface area contributed by atoms with E-state index in [2.05, 4.69) is 15.7 Å². The van der Waals surface area contributed by atoms with Crippen molar-refractivity contribution in [2.45, 2.75) is 24.9 Å². The van der Waals surface area contributed by atoms with Gasteiger partial charge in [0.1, 0.15) is 5.54 Å². The number of nitrogens with zero attached hydrogens (tertiary/aromatic N) is 2. The Labute approximate surface area is 139 Å². The third kappa shape index (κ3) is 2.50. The fourth-order valence-electron chi connectivity index (χ4n) is 3.39. The van der Waals surface area contributed by atoms with Crippen LogP contribution in [0.1, 0.15) is 18.4 Å². The van der Waals surface area contributed by atoms with Gasteiger partial charge in [-0.05, 0) is 38.1 Å². The molecule has 2 aliphatic rings. The summed E-state index contributed by atoms with van der Waals surface area (Å²) in [5, 5.41) is 10.7. The van der Waals surface area contributed by atoms with Gasteiger partial charge in [-0.3, -0.25) is 9.48 Å². The van der Waals surface area contributed by atoms with E-state index in [0.717, 1.165) is 30.2 Å². The average Bonchev–Trinajstić information content (AvgIpc) is 3.31. The highest BCUT2D eigenvalue weighted by atomic mass is 16.7. The second-order valence-corrected chi connectivity index (χ2v) is 6.07. The number of carbonyl (C=O) groups is 1. The highest BCUT2D eigenvalue weighted by Gasteiger charge is 2.41. The first-order chi connectivity index (χ1) is 11.8. The van der Waals surface area contributed by atoms with E-state index in [0.29, 0.717) is 19.4 Å². The van der Waals surface area contributed by atoms with Gasteiger partial charge in [-0.2, -0.15) is 5.10 Å². The summed E-state index contributed by atoms with van der Waals surface area (Å²) >= 11 is 0. The highest BCUT2D eigenvalue weighted by Crippen LogP contribution is 2.35. The lowest BCUT2D eigenvalue weighted by Crippen LogP contribution is -2.54. The summed E-state index contributed by atoms with van der Waals surface area (Å²) in [5.41, 5.74) is 0.284. The van der Waals surface area contributed by atoms with Crippen LogP contribution in [0.4, 0.5) is 0 Å². The van der Waals surface area contributed by atoms with E-state index in [4.69, 9.17) is 9.47 Å². The van der Waals surface area contributed by atoms with Crippen molar-refractivity contribution in [3.8, 4) is 11.5 Å². The van der Waals surface area contributed by atoms with Crippen LogP contribution in [0.5, 0.6) is 11.5 Å². The molecule has 0 aliphatic carbocycles. The van der Waals surface area contributed by atoms with Crippen molar-refractivity contribution in [1.29, 1.82) is 0 Å². The summed E-state index contributed by atoms with van der Waals surface area (Å²) in [4.78, 5) is 13.0. The number of hydrogen-bond donors (Lipinski definition) is 2. The Morgan fingerprint density at radius 3 is 2.96 bits per heavy atom. The molecule has 0 spiro atoms. The molecule has 0 atom stereocenters. The number of hydrogen-bond acceptors (Lipinski definition) is 5. The quantitative estimate of drug-likeness (QED) is 0.876. The predicted octanol–water partition coefficient (Wildman–Crippen LogP) is 1.01. The summed E-state index contributed by atoms with van der Waals surface area (Å²) in [6.45, 7) is 2.22. The van der Waals surface area contributed by atoms with Crippen LogP contribution in [0.25, 0.3) is 0 Å². The van der Waals surface area contributed by atoms with Crippen molar-refractivity contribution in [3.05, 3.63) is 42.2 Å². The third-order valence-electron chi connectivity index (χ3n) is 4.71. The van der Waals surface area contributed by atoms with Gasteiger partial charge in [-0.1, -0.05) is 12.1 Å². The molecule has 0 unspecified atom stereocenters. The molecule has 126 valence electrons. The third-order valence-corrected chi connectivity index (χ3v) is 4.71. The first kappa shape index (κ1) is 15.0. The van der Waals surface area contributed by atoms with Crippen LogP contribution in [0.3, 0.4) is 0 Å². The SMILES string of the molecule is O=C(NCc1cccc2c1OCO2)C1(n2cccn2)CCNCC1. The van der Waals surface area contributed by atoms with E-state index in [-0.39, 0.29) is 12.7 Å². The van der Waals surface area contributed by atoms with Crippen LogP contribution in [0.15, 0.2) is 36.7 Å². The molecule has 0 radical (unpaired) electrons. The molecule has 3 heterocycles. The Kier molecular flexibility index (Phi) is 3.86. The van der Waals surface area contributed by atoms with Crippen molar-refractivity contribution >= 4 is 5.91 Å². The summed E-state index contributed by atoms with van der Waals surface area (Å²) in [7, 11) is 0. The number of ether oxygens (including phenoxy) is 2. The molecule has 1 saturated heterocycles. The number of nitrogens with one attached hydrogen (secondary N) is 2. The fourth-order valence-corrected chi connectivity index (χ4v) is 3.39. The molecule has 1 aromatic carbocycles. The molecule has 2 aliphatic heterocycles. The maximum Gasteiger partial charge on any atom is 0.248 e. The fraction of sp³-hybridized carbons (Fsp3) is 0.412. The molecule has 0 saturated carbocycles. The van der Waals surface area contributed by atoms with Crippen molar-refractivity contribution in [2.24, 2.45) is 0 Å². The standard InChI is InChI=1S/C17H20N4O3/c22-16(17(5-8-18-9-6-17)21-10-2-7-20-21)19-11-13-3-1-4-14-15(13)24-12-23-14/h1-4,7,10,18H,5-6,8-9,11-12H2,(H,19,22). The van der Waals surface area contributed by atoms with Crippen molar-refractivity contribution in [1.82, 2.24) is 20.4 Å². The predicted molar refractivity (Wildman–Crippen MR) is 86.7 cm³/mol. The lowest BCUT2D eigenvalue weighted by molar-refractivity contribution is -0.132. The number of para-hydroxylation sites is 1. The zero-order chi connectivity index (χ0) is 16.4. The first-order valence-electron chi connectivity index (χ1n) is 8.16. The molecule has 7 nitrogen and oxygen atoms in total. The molecule has 1 amide bonds. The molecular weight excluding hydrogens is 308 g/mol. The first-order valence-corrected chi connectivity index (χ1v) is 8.16. The summed E-state index contributed by atoms with van der Waals surface area (Å²) in [5.74, 6) is 1.44. The van der Waals surface area contributed by atoms with Gasteiger partial charge in [-0.15, -0.1) is 0 Å². The molecule has 1 aromatic heterocycles. The second kappa shape index (κ2) is 6.16. The topological polar surface area (TPSA) is 77.4 Å². The molecule has 24 heavy (non-hydrogen) atoms. The molecule has 7 heteroatoms. The summed E-state index contributed by atoms with van der Waals surface area (Å²) in [6.07, 6.45) is 5.01. The van der Waals surface area contributed by atoms with Gasteiger partial charge in [0.15, 0.2) is 11.5 Å². The van der Waals surface area contributed by atoms with Gasteiger partial charge in [0.2, 0.25) is 12.7 Å². The minimum atomic E-state index is -0.635. The second-order valence-electron chi connectivity index (χ2n) is 6.07. The molecule has 2 aromatic rings. The van der Waals surface area contributed by atoms with E-state index in [1.165, 1.54) is 0 Å². The Balaban J connectivity index is 1.53. The van der Waals surface area contributed by atoms with Gasteiger partial charge in [0.25, 0.3) is 0 Å². The lowest BCUT2D eigenvalue weighted by Gasteiger charge is -2.36. The number of piperidine rings is 1. The van der Waals surface area contributed by atoms with E-state index in [9.17, 15) is 4.79 Å². The minimum absolute atomic E-state index is 0.00998. The largest absolute Gasteiger partial charge is 0.454 e. The van der Waals surface area contributed by atoms with Crippen LogP contribution >= 0.6 is 0 Å². The zero-order valence-corrected chi connectivity index (χ0v) is 13.3. The molecule has 0 bridgehead atoms. The van der Waals surface area contributed by atoms with Crippen LogP contribution in [-0.4, -0.2) is 35.6 Å². The Morgan fingerprint density at radius 2 is 2.17 bits per heavy atom. The van der Waals surface area contributed by atoms with E-state index >= 15 is 0 Å². The number of benzene rings is 1. The van der Waals surface area contributed by atoms with E-state index in [1.807, 2.05) is 30.5 Å². The smallest absolute Gasteiger partial charge is 0.248 e. The maximum atomic E-state index is 13.0. The van der Waals surface area contributed by atoms with Gasteiger partial charge in [-0.25, -0.2) is 0 Å². The van der Waals surface area contributed by atoms with Crippen LogP contribution < -0.4 is 20.1 Å². The normalized spacial score (nSPS) is 18.3. The van der Waals surface area contributed by atoms with Crippen LogP contribution in [0.2, 0.25) is 0 Å².